The van der Waals surface area contributed by atoms with Crippen LogP contribution in [0.15, 0.2) is 48.5 Å². The van der Waals surface area contributed by atoms with Crippen molar-refractivity contribution in [3.63, 3.8) is 0 Å². The van der Waals surface area contributed by atoms with Crippen molar-refractivity contribution in [3.8, 4) is 22.4 Å². The van der Waals surface area contributed by atoms with Crippen molar-refractivity contribution in [2.75, 3.05) is 38.1 Å². The average Bonchev–Trinajstić information content (AvgIpc) is 3.08. The van der Waals surface area contributed by atoms with Crippen LogP contribution in [0.25, 0.3) is 22.4 Å². The lowest BCUT2D eigenvalue weighted by Gasteiger charge is -2.34. The Morgan fingerprint density at radius 1 is 0.962 bits per heavy atom. The third-order valence-corrected chi connectivity index (χ3v) is 5.22. The number of aromatic nitrogens is 2. The zero-order valence-corrected chi connectivity index (χ0v) is 15.9. The Morgan fingerprint density at radius 3 is 2.46 bits per heavy atom. The number of nitrogens with zero attached hydrogens (tertiary/aromatic N) is 3. The zero-order chi connectivity index (χ0) is 18.1. The number of anilines is 1. The Labute approximate surface area is 159 Å². The van der Waals surface area contributed by atoms with Crippen LogP contribution in [0.2, 0.25) is 5.02 Å². The topological polar surface area (TPSA) is 35.2 Å². The van der Waals surface area contributed by atoms with Gasteiger partial charge in [-0.25, -0.2) is 0 Å². The van der Waals surface area contributed by atoms with E-state index >= 15 is 0 Å². The molecular weight excluding hydrogens is 344 g/mol. The number of aromatic amines is 1. The molecule has 134 valence electrons. The lowest BCUT2D eigenvalue weighted by atomic mass is 9.96. The Hall–Kier alpha value is -2.30. The first-order valence-corrected chi connectivity index (χ1v) is 9.34. The molecule has 1 fully saturated rings. The first-order chi connectivity index (χ1) is 12.6. The Morgan fingerprint density at radius 2 is 1.77 bits per heavy atom. The molecule has 3 aromatic rings. The highest BCUT2D eigenvalue weighted by Crippen LogP contribution is 2.36. The predicted molar refractivity (Wildman–Crippen MR) is 109 cm³/mol. The van der Waals surface area contributed by atoms with Crippen LogP contribution < -0.4 is 4.90 Å². The maximum absolute atomic E-state index is 6.26. The van der Waals surface area contributed by atoms with Crippen molar-refractivity contribution in [2.24, 2.45) is 0 Å². The molecule has 0 radical (unpaired) electrons. The van der Waals surface area contributed by atoms with Crippen molar-refractivity contribution >= 4 is 17.3 Å². The summed E-state index contributed by atoms with van der Waals surface area (Å²) < 4.78 is 0. The third-order valence-electron chi connectivity index (χ3n) is 4.99. The van der Waals surface area contributed by atoms with Crippen molar-refractivity contribution in [3.05, 3.63) is 59.2 Å². The van der Waals surface area contributed by atoms with E-state index < -0.39 is 0 Å². The molecule has 2 heterocycles. The van der Waals surface area contributed by atoms with Gasteiger partial charge in [0.2, 0.25) is 0 Å². The molecule has 1 aromatic heterocycles. The molecular formula is C21H23ClN4. The molecule has 26 heavy (non-hydrogen) atoms. The number of aryl methyl sites for hydroxylation is 1. The van der Waals surface area contributed by atoms with E-state index in [1.807, 2.05) is 25.1 Å². The number of halogens is 1. The van der Waals surface area contributed by atoms with E-state index in [4.69, 9.17) is 11.6 Å². The first kappa shape index (κ1) is 17.1. The summed E-state index contributed by atoms with van der Waals surface area (Å²) in [6.45, 7) is 6.30. The molecule has 1 N–H and O–H groups in total. The fourth-order valence-electron chi connectivity index (χ4n) is 3.47. The Bertz CT molecular complexity index is 910. The molecule has 0 spiro atoms. The van der Waals surface area contributed by atoms with Crippen LogP contribution in [-0.4, -0.2) is 48.3 Å². The van der Waals surface area contributed by atoms with E-state index in [0.29, 0.717) is 0 Å². The minimum Gasteiger partial charge on any atom is -0.369 e. The van der Waals surface area contributed by atoms with Crippen LogP contribution in [0.4, 0.5) is 5.69 Å². The summed E-state index contributed by atoms with van der Waals surface area (Å²) >= 11 is 6.26. The molecule has 4 rings (SSSR count). The van der Waals surface area contributed by atoms with E-state index in [2.05, 4.69) is 57.4 Å². The summed E-state index contributed by atoms with van der Waals surface area (Å²) in [5, 5.41) is 8.26. The second kappa shape index (κ2) is 7.14. The maximum atomic E-state index is 6.26. The SMILES string of the molecule is Cc1cc(-c2ccc(N3CCN(C)CC3)cc2-c2cccc(Cl)c2)n[nH]1. The van der Waals surface area contributed by atoms with E-state index in [9.17, 15) is 0 Å². The lowest BCUT2D eigenvalue weighted by Crippen LogP contribution is -2.44. The summed E-state index contributed by atoms with van der Waals surface area (Å²) in [6, 6.07) is 16.8. The van der Waals surface area contributed by atoms with Crippen molar-refractivity contribution in [1.29, 1.82) is 0 Å². The number of benzene rings is 2. The molecule has 0 unspecified atom stereocenters. The number of hydrogen-bond donors (Lipinski definition) is 1. The van der Waals surface area contributed by atoms with Gasteiger partial charge < -0.3 is 9.80 Å². The molecule has 0 saturated carbocycles. The molecule has 1 saturated heterocycles. The molecule has 0 bridgehead atoms. The summed E-state index contributed by atoms with van der Waals surface area (Å²) in [5.74, 6) is 0. The average molecular weight is 367 g/mol. The van der Waals surface area contributed by atoms with E-state index in [1.54, 1.807) is 0 Å². The number of hydrogen-bond acceptors (Lipinski definition) is 3. The molecule has 0 amide bonds. The minimum atomic E-state index is 0.747. The van der Waals surface area contributed by atoms with Gasteiger partial charge in [0, 0.05) is 48.1 Å². The van der Waals surface area contributed by atoms with Crippen LogP contribution >= 0.6 is 11.6 Å². The van der Waals surface area contributed by atoms with E-state index in [0.717, 1.165) is 59.3 Å². The molecule has 1 aliphatic rings. The second-order valence-electron chi connectivity index (χ2n) is 6.97. The van der Waals surface area contributed by atoms with Gasteiger partial charge >= 0.3 is 0 Å². The zero-order valence-electron chi connectivity index (χ0n) is 15.2. The predicted octanol–water partition coefficient (Wildman–Crippen LogP) is 4.46. The molecule has 4 nitrogen and oxygen atoms in total. The fourth-order valence-corrected chi connectivity index (χ4v) is 3.66. The molecule has 2 aromatic carbocycles. The highest BCUT2D eigenvalue weighted by molar-refractivity contribution is 6.30. The van der Waals surface area contributed by atoms with Gasteiger partial charge in [0.05, 0.1) is 5.69 Å². The number of rotatable bonds is 3. The van der Waals surface area contributed by atoms with E-state index in [-0.39, 0.29) is 0 Å². The summed E-state index contributed by atoms with van der Waals surface area (Å²) in [4.78, 5) is 4.82. The van der Waals surface area contributed by atoms with Gasteiger partial charge in [-0.3, -0.25) is 5.10 Å². The highest BCUT2D eigenvalue weighted by Gasteiger charge is 2.17. The Kier molecular flexibility index (Phi) is 4.70. The second-order valence-corrected chi connectivity index (χ2v) is 7.40. The summed E-state index contributed by atoms with van der Waals surface area (Å²) in [6.07, 6.45) is 0. The monoisotopic (exact) mass is 366 g/mol. The highest BCUT2D eigenvalue weighted by atomic mass is 35.5. The largest absolute Gasteiger partial charge is 0.369 e. The van der Waals surface area contributed by atoms with Crippen LogP contribution in [0.5, 0.6) is 0 Å². The molecule has 0 aliphatic carbocycles. The third kappa shape index (κ3) is 3.48. The van der Waals surface area contributed by atoms with E-state index in [1.165, 1.54) is 5.69 Å². The van der Waals surface area contributed by atoms with Gasteiger partial charge in [0.25, 0.3) is 0 Å². The van der Waals surface area contributed by atoms with Crippen LogP contribution in [-0.2, 0) is 0 Å². The van der Waals surface area contributed by atoms with Crippen molar-refractivity contribution in [2.45, 2.75) is 6.92 Å². The number of likely N-dealkylation sites (N-methyl/N-ethyl adjacent to an activating group) is 1. The normalized spacial score (nSPS) is 15.4. The number of H-pyrrole nitrogens is 1. The first-order valence-electron chi connectivity index (χ1n) is 8.96. The van der Waals surface area contributed by atoms with Gasteiger partial charge in [0.1, 0.15) is 0 Å². The summed E-state index contributed by atoms with van der Waals surface area (Å²) in [7, 11) is 2.18. The standard InChI is InChI=1S/C21H23ClN4/c1-15-12-21(24-23-15)19-7-6-18(26-10-8-25(2)9-11-26)14-20(19)16-4-3-5-17(22)13-16/h3-7,12-14H,8-11H2,1-2H3,(H,23,24). The van der Waals surface area contributed by atoms with Crippen LogP contribution in [0, 0.1) is 6.92 Å². The lowest BCUT2D eigenvalue weighted by molar-refractivity contribution is 0.313. The van der Waals surface area contributed by atoms with Gasteiger partial charge in [-0.2, -0.15) is 5.10 Å². The van der Waals surface area contributed by atoms with Crippen molar-refractivity contribution < 1.29 is 0 Å². The van der Waals surface area contributed by atoms with Gasteiger partial charge in [-0.05, 0) is 55.4 Å². The molecule has 1 aliphatic heterocycles. The fraction of sp³-hybridized carbons (Fsp3) is 0.286. The smallest absolute Gasteiger partial charge is 0.0929 e. The quantitative estimate of drug-likeness (QED) is 0.743. The van der Waals surface area contributed by atoms with Crippen LogP contribution in [0.1, 0.15) is 5.69 Å². The van der Waals surface area contributed by atoms with Crippen LogP contribution in [0.3, 0.4) is 0 Å². The number of nitrogens with one attached hydrogen (secondary N) is 1. The molecule has 5 heteroatoms. The maximum Gasteiger partial charge on any atom is 0.0929 e. The molecule has 0 atom stereocenters. The van der Waals surface area contributed by atoms with Gasteiger partial charge in [-0.15, -0.1) is 0 Å². The van der Waals surface area contributed by atoms with Crippen molar-refractivity contribution in [1.82, 2.24) is 15.1 Å². The summed E-state index contributed by atoms with van der Waals surface area (Å²) in [5.41, 5.74) is 6.67. The van der Waals surface area contributed by atoms with Gasteiger partial charge in [0.15, 0.2) is 0 Å². The Balaban J connectivity index is 1.79. The minimum absolute atomic E-state index is 0.747. The van der Waals surface area contributed by atoms with Gasteiger partial charge in [-0.1, -0.05) is 29.8 Å². The number of piperazine rings is 1.